The average Bonchev–Trinajstić information content (AvgIpc) is 2.67. The summed E-state index contributed by atoms with van der Waals surface area (Å²) >= 11 is 12.8. The van der Waals surface area contributed by atoms with Crippen LogP contribution in [0.5, 0.6) is 0 Å². The van der Waals surface area contributed by atoms with E-state index in [2.05, 4.69) is 28.2 Å². The summed E-state index contributed by atoms with van der Waals surface area (Å²) in [6.07, 6.45) is 3.46. The minimum absolute atomic E-state index is 0.193. The van der Waals surface area contributed by atoms with Crippen molar-refractivity contribution in [3.8, 4) is 0 Å². The third-order valence-electron chi connectivity index (χ3n) is 4.44. The van der Waals surface area contributed by atoms with E-state index >= 15 is 0 Å². The molecule has 2 aromatic heterocycles. The number of hydrogen-bond donors (Lipinski definition) is 1. The molecule has 0 bridgehead atoms. The maximum Gasteiger partial charge on any atom is 0.127 e. The quantitative estimate of drug-likeness (QED) is 0.496. The van der Waals surface area contributed by atoms with Crippen molar-refractivity contribution < 1.29 is 0 Å². The van der Waals surface area contributed by atoms with E-state index in [1.807, 2.05) is 36.4 Å². The molecule has 1 atom stereocenters. The van der Waals surface area contributed by atoms with Gasteiger partial charge in [0.05, 0.1) is 15.6 Å². The van der Waals surface area contributed by atoms with Crippen LogP contribution in [0.2, 0.25) is 10.0 Å². The van der Waals surface area contributed by atoms with Crippen LogP contribution in [0.15, 0.2) is 73.1 Å². The first-order valence-corrected chi connectivity index (χ1v) is 8.89. The first-order valence-electron chi connectivity index (χ1n) is 8.14. The van der Waals surface area contributed by atoms with Gasteiger partial charge in [-0.2, -0.15) is 0 Å². The van der Waals surface area contributed by atoms with Gasteiger partial charge in [-0.05, 0) is 35.4 Å². The Morgan fingerprint density at radius 2 is 1.58 bits per heavy atom. The van der Waals surface area contributed by atoms with Gasteiger partial charge in [0, 0.05) is 29.3 Å². The Morgan fingerprint density at radius 3 is 2.42 bits per heavy atom. The Morgan fingerprint density at radius 1 is 0.808 bits per heavy atom. The number of halogens is 2. The smallest absolute Gasteiger partial charge is 0.127 e. The maximum absolute atomic E-state index is 6.55. The number of pyridine rings is 2. The summed E-state index contributed by atoms with van der Waals surface area (Å²) in [5.74, 6) is 0.274. The molecule has 4 rings (SSSR count). The van der Waals surface area contributed by atoms with Gasteiger partial charge >= 0.3 is 0 Å². The van der Waals surface area contributed by atoms with Gasteiger partial charge in [0.2, 0.25) is 0 Å². The maximum atomic E-state index is 6.55. The van der Waals surface area contributed by atoms with Gasteiger partial charge in [-0.15, -0.1) is 0 Å². The van der Waals surface area contributed by atoms with E-state index in [-0.39, 0.29) is 5.92 Å². The molecular weight excluding hydrogens is 365 g/mol. The Kier molecular flexibility index (Phi) is 4.49. The van der Waals surface area contributed by atoms with Crippen LogP contribution in [0, 0.1) is 0 Å². The summed E-state index contributed by atoms with van der Waals surface area (Å²) in [5, 5.41) is 2.10. The number of fused-ring (bicyclic) bond motifs is 1. The lowest BCUT2D eigenvalue weighted by atomic mass is 9.85. The van der Waals surface area contributed by atoms with Gasteiger partial charge in [-0.1, -0.05) is 59.6 Å². The van der Waals surface area contributed by atoms with E-state index in [1.54, 1.807) is 18.5 Å². The fraction of sp³-hybridized carbons (Fsp3) is 0.0476. The summed E-state index contributed by atoms with van der Waals surface area (Å²) in [7, 11) is 0. The molecule has 0 saturated carbocycles. The topological polar surface area (TPSA) is 51.8 Å². The third kappa shape index (κ3) is 3.00. The fourth-order valence-corrected chi connectivity index (χ4v) is 3.62. The van der Waals surface area contributed by atoms with Crippen molar-refractivity contribution in [2.75, 3.05) is 5.73 Å². The molecular formula is C21H15Cl2N3. The first kappa shape index (κ1) is 16.8. The van der Waals surface area contributed by atoms with Crippen LogP contribution in [-0.2, 0) is 0 Å². The number of hydrogen-bond acceptors (Lipinski definition) is 3. The predicted octanol–water partition coefficient (Wildman–Crippen LogP) is 5.70. The number of anilines is 1. The van der Waals surface area contributed by atoms with Crippen LogP contribution in [0.4, 0.5) is 5.82 Å². The van der Waals surface area contributed by atoms with E-state index in [4.69, 9.17) is 28.9 Å². The van der Waals surface area contributed by atoms with Crippen LogP contribution >= 0.6 is 23.2 Å². The molecule has 0 fully saturated rings. The second-order valence-corrected chi connectivity index (χ2v) is 6.79. The number of aromatic nitrogens is 2. The van der Waals surface area contributed by atoms with Crippen LogP contribution in [-0.4, -0.2) is 9.97 Å². The Hall–Kier alpha value is -2.62. The lowest BCUT2D eigenvalue weighted by Gasteiger charge is -2.21. The van der Waals surface area contributed by atoms with Crippen molar-refractivity contribution in [3.63, 3.8) is 0 Å². The molecule has 0 aliphatic rings. The van der Waals surface area contributed by atoms with Gasteiger partial charge in [0.25, 0.3) is 0 Å². The van der Waals surface area contributed by atoms with E-state index < -0.39 is 0 Å². The Balaban J connectivity index is 1.98. The number of nitrogens with zero attached hydrogens (tertiary/aromatic N) is 2. The van der Waals surface area contributed by atoms with Gasteiger partial charge in [0.1, 0.15) is 5.82 Å². The van der Waals surface area contributed by atoms with Crippen molar-refractivity contribution in [1.82, 2.24) is 9.97 Å². The molecule has 2 N–H and O–H groups in total. The van der Waals surface area contributed by atoms with E-state index in [0.29, 0.717) is 15.9 Å². The van der Waals surface area contributed by atoms with Crippen LogP contribution in [0.25, 0.3) is 10.9 Å². The first-order chi connectivity index (χ1) is 12.6. The molecule has 0 spiro atoms. The second-order valence-electron chi connectivity index (χ2n) is 6.01. The summed E-state index contributed by atoms with van der Waals surface area (Å²) in [6, 6.07) is 19.6. The van der Waals surface area contributed by atoms with Crippen LogP contribution in [0.3, 0.4) is 0 Å². The molecule has 2 aromatic carbocycles. The molecule has 2 heterocycles. The third-order valence-corrected chi connectivity index (χ3v) is 5.27. The highest BCUT2D eigenvalue weighted by Gasteiger charge is 2.23. The monoisotopic (exact) mass is 379 g/mol. The molecule has 0 amide bonds. The molecule has 0 radical (unpaired) electrons. The highest BCUT2D eigenvalue weighted by molar-refractivity contribution is 6.42. The molecule has 0 saturated heterocycles. The normalized spacial score (nSPS) is 12.2. The molecule has 128 valence electrons. The van der Waals surface area contributed by atoms with Crippen molar-refractivity contribution in [2.24, 2.45) is 0 Å². The molecule has 5 heteroatoms. The van der Waals surface area contributed by atoms with Crippen molar-refractivity contribution in [2.45, 2.75) is 5.92 Å². The Labute approximate surface area is 161 Å². The highest BCUT2D eigenvalue weighted by atomic mass is 35.5. The number of benzene rings is 2. The van der Waals surface area contributed by atoms with Gasteiger partial charge in [-0.25, -0.2) is 4.98 Å². The highest BCUT2D eigenvalue weighted by Crippen LogP contribution is 2.40. The minimum atomic E-state index is -0.193. The summed E-state index contributed by atoms with van der Waals surface area (Å²) in [6.45, 7) is 0. The number of nitrogen functional groups attached to an aromatic ring is 1. The van der Waals surface area contributed by atoms with Gasteiger partial charge < -0.3 is 5.73 Å². The summed E-state index contributed by atoms with van der Waals surface area (Å²) in [5.41, 5.74) is 9.90. The second kappa shape index (κ2) is 6.94. The SMILES string of the molecule is Nc1ncccc1C(c1ccc2cccnc2c1)c1cccc(Cl)c1Cl. The van der Waals surface area contributed by atoms with Crippen molar-refractivity contribution >= 4 is 39.9 Å². The standard InChI is InChI=1S/C21H15Cl2N3/c22-17-7-1-5-15(20(17)23)19(16-6-3-11-26-21(16)24)14-9-8-13-4-2-10-25-18(13)12-14/h1-12,19H,(H2,24,26). The molecule has 3 nitrogen and oxygen atoms in total. The van der Waals surface area contributed by atoms with E-state index in [1.165, 1.54) is 0 Å². The molecule has 1 unspecified atom stereocenters. The molecule has 26 heavy (non-hydrogen) atoms. The molecule has 0 aliphatic carbocycles. The van der Waals surface area contributed by atoms with Gasteiger partial charge in [0.15, 0.2) is 0 Å². The Bertz CT molecular complexity index is 1100. The van der Waals surface area contributed by atoms with Gasteiger partial charge in [-0.3, -0.25) is 4.98 Å². The summed E-state index contributed by atoms with van der Waals surface area (Å²) in [4.78, 5) is 8.72. The van der Waals surface area contributed by atoms with Crippen LogP contribution < -0.4 is 5.73 Å². The summed E-state index contributed by atoms with van der Waals surface area (Å²) < 4.78 is 0. The van der Waals surface area contributed by atoms with Crippen molar-refractivity contribution in [1.29, 1.82) is 0 Å². The fourth-order valence-electron chi connectivity index (χ4n) is 3.21. The number of nitrogens with two attached hydrogens (primary N) is 1. The molecule has 0 aliphatic heterocycles. The minimum Gasteiger partial charge on any atom is -0.383 e. The zero-order valence-corrected chi connectivity index (χ0v) is 15.2. The average molecular weight is 380 g/mol. The zero-order valence-electron chi connectivity index (χ0n) is 13.7. The molecule has 4 aromatic rings. The lowest BCUT2D eigenvalue weighted by molar-refractivity contribution is 0.971. The van der Waals surface area contributed by atoms with E-state index in [9.17, 15) is 0 Å². The zero-order chi connectivity index (χ0) is 18.1. The lowest BCUT2D eigenvalue weighted by Crippen LogP contribution is -2.08. The predicted molar refractivity (Wildman–Crippen MR) is 108 cm³/mol. The van der Waals surface area contributed by atoms with Crippen LogP contribution in [0.1, 0.15) is 22.6 Å². The van der Waals surface area contributed by atoms with E-state index in [0.717, 1.165) is 27.6 Å². The number of rotatable bonds is 3. The largest absolute Gasteiger partial charge is 0.383 e. The van der Waals surface area contributed by atoms with Crippen molar-refractivity contribution in [3.05, 3.63) is 99.8 Å².